The van der Waals surface area contributed by atoms with Crippen molar-refractivity contribution >= 4 is 0 Å². The Morgan fingerprint density at radius 1 is 1.54 bits per heavy atom. The van der Waals surface area contributed by atoms with Gasteiger partial charge in [0.25, 0.3) is 5.92 Å². The summed E-state index contributed by atoms with van der Waals surface area (Å²) in [5, 5.41) is 0. The van der Waals surface area contributed by atoms with Gasteiger partial charge in [-0.2, -0.15) is 0 Å². The first-order valence-corrected chi connectivity index (χ1v) is 4.77. The van der Waals surface area contributed by atoms with Crippen LogP contribution in [0.25, 0.3) is 0 Å². The van der Waals surface area contributed by atoms with E-state index in [0.717, 1.165) is 6.54 Å². The molecule has 1 rings (SSSR count). The smallest absolute Gasteiger partial charge is 0.275 e. The molecule has 1 saturated heterocycles. The Kier molecular flexibility index (Phi) is 3.24. The Morgan fingerprint density at radius 2 is 2.15 bits per heavy atom. The highest BCUT2D eigenvalue weighted by atomic mass is 19.3. The Morgan fingerprint density at radius 3 is 2.62 bits per heavy atom. The molecule has 0 spiro atoms. The van der Waals surface area contributed by atoms with Gasteiger partial charge >= 0.3 is 0 Å². The van der Waals surface area contributed by atoms with E-state index in [1.807, 2.05) is 13.8 Å². The molecule has 13 heavy (non-hydrogen) atoms. The lowest BCUT2D eigenvalue weighted by Gasteiger charge is -2.37. The van der Waals surface area contributed by atoms with Gasteiger partial charge < -0.3 is 5.73 Å². The summed E-state index contributed by atoms with van der Waals surface area (Å²) in [5.74, 6) is -2.27. The second-order valence-corrected chi connectivity index (χ2v) is 4.29. The Labute approximate surface area is 78.1 Å². The van der Waals surface area contributed by atoms with Gasteiger partial charge in [0.15, 0.2) is 0 Å². The van der Waals surface area contributed by atoms with Crippen molar-refractivity contribution in [3.05, 3.63) is 0 Å². The largest absolute Gasteiger partial charge is 0.323 e. The average molecular weight is 192 g/mol. The standard InChI is InChI=1S/C9H18F2N2/c1-7(2)5-13-4-3-8(12)9(10,11)6-13/h7-8H,3-6,12H2,1-2H3. The maximum absolute atomic E-state index is 13.1. The van der Waals surface area contributed by atoms with Crippen molar-refractivity contribution in [2.24, 2.45) is 11.7 Å². The molecular formula is C9H18F2N2. The highest BCUT2D eigenvalue weighted by Gasteiger charge is 2.42. The maximum atomic E-state index is 13.1. The number of hydrogen-bond acceptors (Lipinski definition) is 2. The number of nitrogens with two attached hydrogens (primary N) is 1. The molecule has 1 fully saturated rings. The van der Waals surface area contributed by atoms with Gasteiger partial charge in [-0.15, -0.1) is 0 Å². The summed E-state index contributed by atoms with van der Waals surface area (Å²) >= 11 is 0. The van der Waals surface area contributed by atoms with Crippen LogP contribution in [0.2, 0.25) is 0 Å². The number of alkyl halides is 2. The zero-order valence-corrected chi connectivity index (χ0v) is 8.26. The molecule has 2 N–H and O–H groups in total. The lowest BCUT2D eigenvalue weighted by molar-refractivity contribution is -0.0815. The zero-order chi connectivity index (χ0) is 10.1. The molecule has 1 heterocycles. The minimum atomic E-state index is -2.70. The summed E-state index contributed by atoms with van der Waals surface area (Å²) in [4.78, 5) is 1.80. The molecule has 0 radical (unpaired) electrons. The van der Waals surface area contributed by atoms with E-state index in [2.05, 4.69) is 0 Å². The minimum Gasteiger partial charge on any atom is -0.323 e. The van der Waals surface area contributed by atoms with Crippen LogP contribution in [-0.4, -0.2) is 36.5 Å². The van der Waals surface area contributed by atoms with E-state index < -0.39 is 12.0 Å². The molecule has 78 valence electrons. The molecule has 2 nitrogen and oxygen atoms in total. The second kappa shape index (κ2) is 3.88. The maximum Gasteiger partial charge on any atom is 0.275 e. The highest BCUT2D eigenvalue weighted by Crippen LogP contribution is 2.26. The van der Waals surface area contributed by atoms with E-state index in [1.54, 1.807) is 4.90 Å². The summed E-state index contributed by atoms with van der Waals surface area (Å²) in [5.41, 5.74) is 5.33. The fourth-order valence-corrected chi connectivity index (χ4v) is 1.70. The fraction of sp³-hybridized carbons (Fsp3) is 1.00. The fourth-order valence-electron chi connectivity index (χ4n) is 1.70. The number of likely N-dealkylation sites (tertiary alicyclic amines) is 1. The van der Waals surface area contributed by atoms with Gasteiger partial charge in [0.05, 0.1) is 12.6 Å². The normalized spacial score (nSPS) is 29.5. The van der Waals surface area contributed by atoms with E-state index in [4.69, 9.17) is 5.73 Å². The summed E-state index contributed by atoms with van der Waals surface area (Å²) in [7, 11) is 0. The van der Waals surface area contributed by atoms with Crippen LogP contribution in [0.1, 0.15) is 20.3 Å². The van der Waals surface area contributed by atoms with Crippen molar-refractivity contribution in [1.29, 1.82) is 0 Å². The summed E-state index contributed by atoms with van der Waals surface area (Å²) < 4.78 is 26.3. The quantitative estimate of drug-likeness (QED) is 0.714. The van der Waals surface area contributed by atoms with Gasteiger partial charge in [-0.05, 0) is 12.3 Å². The van der Waals surface area contributed by atoms with Crippen LogP contribution < -0.4 is 5.73 Å². The first kappa shape index (κ1) is 10.9. The second-order valence-electron chi connectivity index (χ2n) is 4.29. The number of rotatable bonds is 2. The van der Waals surface area contributed by atoms with Crippen LogP contribution in [0.15, 0.2) is 0 Å². The van der Waals surface area contributed by atoms with E-state index >= 15 is 0 Å². The number of piperidine rings is 1. The summed E-state index contributed by atoms with van der Waals surface area (Å²) in [6.07, 6.45) is 0.403. The molecule has 1 atom stereocenters. The highest BCUT2D eigenvalue weighted by molar-refractivity contribution is 4.89. The number of nitrogens with zero attached hydrogens (tertiary/aromatic N) is 1. The van der Waals surface area contributed by atoms with Gasteiger partial charge in [-0.1, -0.05) is 13.8 Å². The first-order chi connectivity index (χ1) is 5.92. The minimum absolute atomic E-state index is 0.174. The molecular weight excluding hydrogens is 174 g/mol. The van der Waals surface area contributed by atoms with Crippen molar-refractivity contribution in [2.45, 2.75) is 32.2 Å². The Balaban J connectivity index is 2.46. The molecule has 0 aliphatic carbocycles. The monoisotopic (exact) mass is 192 g/mol. The SMILES string of the molecule is CC(C)CN1CCC(N)C(F)(F)C1. The number of hydrogen-bond donors (Lipinski definition) is 1. The van der Waals surface area contributed by atoms with Gasteiger partial charge in [0.2, 0.25) is 0 Å². The molecule has 0 saturated carbocycles. The van der Waals surface area contributed by atoms with Crippen molar-refractivity contribution in [3.63, 3.8) is 0 Å². The molecule has 0 aromatic rings. The molecule has 1 aliphatic heterocycles. The molecule has 0 aromatic carbocycles. The van der Waals surface area contributed by atoms with E-state index in [0.29, 0.717) is 18.9 Å². The van der Waals surface area contributed by atoms with Gasteiger partial charge in [0, 0.05) is 13.1 Å². The lowest BCUT2D eigenvalue weighted by atomic mass is 10.0. The lowest BCUT2D eigenvalue weighted by Crippen LogP contribution is -2.55. The van der Waals surface area contributed by atoms with Crippen LogP contribution in [-0.2, 0) is 0 Å². The van der Waals surface area contributed by atoms with Gasteiger partial charge in [-0.3, -0.25) is 4.90 Å². The Hall–Kier alpha value is -0.220. The molecule has 1 unspecified atom stereocenters. The third-order valence-electron chi connectivity index (χ3n) is 2.36. The van der Waals surface area contributed by atoms with Crippen LogP contribution in [0.5, 0.6) is 0 Å². The summed E-state index contributed by atoms with van der Waals surface area (Å²) in [6, 6.07) is -0.948. The van der Waals surface area contributed by atoms with Crippen LogP contribution in [0, 0.1) is 5.92 Å². The predicted octanol–water partition coefficient (Wildman–Crippen LogP) is 1.31. The predicted molar refractivity (Wildman–Crippen MR) is 48.8 cm³/mol. The topological polar surface area (TPSA) is 29.3 Å². The molecule has 0 amide bonds. The van der Waals surface area contributed by atoms with Crippen LogP contribution in [0.3, 0.4) is 0 Å². The van der Waals surface area contributed by atoms with Crippen molar-refractivity contribution in [3.8, 4) is 0 Å². The number of halogens is 2. The zero-order valence-electron chi connectivity index (χ0n) is 8.26. The van der Waals surface area contributed by atoms with Crippen LogP contribution >= 0.6 is 0 Å². The van der Waals surface area contributed by atoms with Crippen molar-refractivity contribution < 1.29 is 8.78 Å². The molecule has 0 bridgehead atoms. The molecule has 0 aromatic heterocycles. The average Bonchev–Trinajstić information content (AvgIpc) is 1.95. The Bertz CT molecular complexity index is 171. The van der Waals surface area contributed by atoms with Crippen molar-refractivity contribution in [2.75, 3.05) is 19.6 Å². The third kappa shape index (κ3) is 2.88. The first-order valence-electron chi connectivity index (χ1n) is 4.77. The van der Waals surface area contributed by atoms with E-state index in [-0.39, 0.29) is 6.54 Å². The molecule has 4 heteroatoms. The van der Waals surface area contributed by atoms with Crippen molar-refractivity contribution in [1.82, 2.24) is 4.90 Å². The third-order valence-corrected chi connectivity index (χ3v) is 2.36. The summed E-state index contributed by atoms with van der Waals surface area (Å²) in [6.45, 7) is 5.34. The molecule has 1 aliphatic rings. The van der Waals surface area contributed by atoms with Gasteiger partial charge in [-0.25, -0.2) is 8.78 Å². The van der Waals surface area contributed by atoms with E-state index in [1.165, 1.54) is 0 Å². The van der Waals surface area contributed by atoms with E-state index in [9.17, 15) is 8.78 Å². The van der Waals surface area contributed by atoms with Gasteiger partial charge in [0.1, 0.15) is 0 Å². The van der Waals surface area contributed by atoms with Crippen LogP contribution in [0.4, 0.5) is 8.78 Å².